The molecule has 0 saturated carbocycles. The summed E-state index contributed by atoms with van der Waals surface area (Å²) >= 11 is 1.74. The van der Waals surface area contributed by atoms with Crippen LogP contribution in [-0.4, -0.2) is 24.6 Å². The van der Waals surface area contributed by atoms with Crippen LogP contribution in [0.5, 0.6) is 11.5 Å². The normalized spacial score (nSPS) is 21.1. The van der Waals surface area contributed by atoms with Gasteiger partial charge in [0.2, 0.25) is 0 Å². The van der Waals surface area contributed by atoms with Crippen molar-refractivity contribution in [3.05, 3.63) is 23.8 Å². The highest BCUT2D eigenvalue weighted by Gasteiger charge is 2.19. The minimum absolute atomic E-state index is 0.0619. The molecule has 0 aliphatic carbocycles. The van der Waals surface area contributed by atoms with Gasteiger partial charge in [-0.05, 0) is 17.7 Å². The molecule has 1 heterocycles. The lowest BCUT2D eigenvalue weighted by Crippen LogP contribution is -1.93. The average molecular weight is 212 g/mol. The van der Waals surface area contributed by atoms with Crippen LogP contribution in [0.25, 0.3) is 0 Å². The molecule has 0 bridgehead atoms. The molecule has 1 aliphatic rings. The van der Waals surface area contributed by atoms with E-state index in [4.69, 9.17) is 9.47 Å². The van der Waals surface area contributed by atoms with Crippen LogP contribution in [0.2, 0.25) is 0 Å². The predicted molar refractivity (Wildman–Crippen MR) is 55.8 cm³/mol. The number of ether oxygens (including phenoxy) is 2. The Labute approximate surface area is 87.0 Å². The van der Waals surface area contributed by atoms with Gasteiger partial charge in [-0.2, -0.15) is 0 Å². The molecular formula is C10H12O3S. The summed E-state index contributed by atoms with van der Waals surface area (Å²) in [6.45, 7) is 0.780. The van der Waals surface area contributed by atoms with Crippen molar-refractivity contribution >= 4 is 11.8 Å². The Morgan fingerprint density at radius 3 is 3.00 bits per heavy atom. The van der Waals surface area contributed by atoms with Crippen LogP contribution in [0.1, 0.15) is 11.0 Å². The van der Waals surface area contributed by atoms with Gasteiger partial charge in [0.1, 0.15) is 5.44 Å². The monoisotopic (exact) mass is 212 g/mol. The molecule has 76 valence electrons. The van der Waals surface area contributed by atoms with E-state index in [1.54, 1.807) is 23.9 Å². The van der Waals surface area contributed by atoms with Gasteiger partial charge in [-0.25, -0.2) is 0 Å². The molecule has 4 heteroatoms. The second-order valence-corrected chi connectivity index (χ2v) is 4.17. The lowest BCUT2D eigenvalue weighted by Gasteiger charge is -2.10. The zero-order valence-corrected chi connectivity index (χ0v) is 8.71. The van der Waals surface area contributed by atoms with Crippen molar-refractivity contribution in [1.29, 1.82) is 0 Å². The number of aromatic hydroxyl groups is 1. The molecule has 0 amide bonds. The molecule has 1 atom stereocenters. The van der Waals surface area contributed by atoms with E-state index in [0.717, 1.165) is 17.9 Å². The number of rotatable bonds is 2. The molecule has 0 radical (unpaired) electrons. The average Bonchev–Trinajstić information content (AvgIpc) is 2.70. The van der Waals surface area contributed by atoms with Gasteiger partial charge in [0.15, 0.2) is 11.5 Å². The summed E-state index contributed by atoms with van der Waals surface area (Å²) in [5, 5.41) is 9.56. The fraction of sp³-hybridized carbons (Fsp3) is 0.400. The maximum atomic E-state index is 9.56. The van der Waals surface area contributed by atoms with Gasteiger partial charge in [-0.3, -0.25) is 0 Å². The van der Waals surface area contributed by atoms with Crippen molar-refractivity contribution in [1.82, 2.24) is 0 Å². The van der Waals surface area contributed by atoms with Crippen molar-refractivity contribution < 1.29 is 14.6 Å². The second kappa shape index (κ2) is 4.11. The lowest BCUT2D eigenvalue weighted by molar-refractivity contribution is 0.144. The first kappa shape index (κ1) is 9.68. The highest BCUT2D eigenvalue weighted by molar-refractivity contribution is 7.99. The Balaban J connectivity index is 2.23. The summed E-state index contributed by atoms with van der Waals surface area (Å²) in [7, 11) is 1.54. The van der Waals surface area contributed by atoms with Gasteiger partial charge in [-0.15, -0.1) is 11.8 Å². The first-order chi connectivity index (χ1) is 6.81. The molecule has 1 saturated heterocycles. The third-order valence-corrected chi connectivity index (χ3v) is 3.21. The van der Waals surface area contributed by atoms with Crippen LogP contribution >= 0.6 is 11.8 Å². The molecule has 1 unspecified atom stereocenters. The molecule has 1 N–H and O–H groups in total. The molecule has 1 aromatic carbocycles. The first-order valence-electron chi connectivity index (χ1n) is 4.41. The summed E-state index contributed by atoms with van der Waals surface area (Å²) in [5.74, 6) is 1.68. The zero-order valence-electron chi connectivity index (χ0n) is 7.90. The Morgan fingerprint density at radius 1 is 1.57 bits per heavy atom. The van der Waals surface area contributed by atoms with E-state index in [9.17, 15) is 5.11 Å². The maximum Gasteiger partial charge on any atom is 0.160 e. The van der Waals surface area contributed by atoms with E-state index in [0.29, 0.717) is 5.75 Å². The van der Waals surface area contributed by atoms with Gasteiger partial charge in [0.25, 0.3) is 0 Å². The van der Waals surface area contributed by atoms with Crippen LogP contribution in [0, 0.1) is 0 Å². The predicted octanol–water partition coefficient (Wildman–Crippen LogP) is 2.16. The van der Waals surface area contributed by atoms with Crippen molar-refractivity contribution in [3.8, 4) is 11.5 Å². The summed E-state index contributed by atoms with van der Waals surface area (Å²) in [6, 6.07) is 5.37. The smallest absolute Gasteiger partial charge is 0.160 e. The Kier molecular flexibility index (Phi) is 2.84. The minimum atomic E-state index is 0.0619. The van der Waals surface area contributed by atoms with Gasteiger partial charge in [0.05, 0.1) is 13.7 Å². The highest BCUT2D eigenvalue weighted by Crippen LogP contribution is 2.38. The first-order valence-corrected chi connectivity index (χ1v) is 5.46. The van der Waals surface area contributed by atoms with Crippen molar-refractivity contribution in [2.45, 2.75) is 5.44 Å². The molecule has 1 aliphatic heterocycles. The number of thioether (sulfide) groups is 1. The van der Waals surface area contributed by atoms with Crippen LogP contribution < -0.4 is 4.74 Å². The third kappa shape index (κ3) is 1.81. The Morgan fingerprint density at radius 2 is 2.43 bits per heavy atom. The number of phenols is 1. The fourth-order valence-corrected chi connectivity index (χ4v) is 2.34. The van der Waals surface area contributed by atoms with Crippen LogP contribution in [0.4, 0.5) is 0 Å². The molecule has 0 aromatic heterocycles. The van der Waals surface area contributed by atoms with E-state index < -0.39 is 0 Å². The fourth-order valence-electron chi connectivity index (χ4n) is 1.40. The van der Waals surface area contributed by atoms with Gasteiger partial charge < -0.3 is 14.6 Å². The van der Waals surface area contributed by atoms with Gasteiger partial charge in [-0.1, -0.05) is 6.07 Å². The van der Waals surface area contributed by atoms with E-state index in [1.165, 1.54) is 7.11 Å². The SMILES string of the molecule is COc1ccc(C2OCCS2)cc1O. The third-order valence-electron chi connectivity index (χ3n) is 2.10. The standard InChI is InChI=1S/C10H12O3S/c1-12-9-3-2-7(6-8(9)11)10-13-4-5-14-10/h2-3,6,10-11H,4-5H2,1H3. The summed E-state index contributed by atoms with van der Waals surface area (Å²) in [5.41, 5.74) is 1.05. The minimum Gasteiger partial charge on any atom is -0.504 e. The molecule has 14 heavy (non-hydrogen) atoms. The van der Waals surface area contributed by atoms with Crippen molar-refractivity contribution in [3.63, 3.8) is 0 Å². The maximum absolute atomic E-state index is 9.56. The Bertz CT molecular complexity index is 321. The quantitative estimate of drug-likeness (QED) is 0.815. The van der Waals surface area contributed by atoms with Gasteiger partial charge in [0, 0.05) is 5.75 Å². The largest absolute Gasteiger partial charge is 0.504 e. The second-order valence-electron chi connectivity index (χ2n) is 3.00. The molecule has 0 spiro atoms. The van der Waals surface area contributed by atoms with Gasteiger partial charge >= 0.3 is 0 Å². The number of benzene rings is 1. The van der Waals surface area contributed by atoms with Crippen molar-refractivity contribution in [2.75, 3.05) is 19.5 Å². The number of hydrogen-bond acceptors (Lipinski definition) is 4. The summed E-state index contributed by atoms with van der Waals surface area (Å²) in [6.07, 6.45) is 0. The lowest BCUT2D eigenvalue weighted by atomic mass is 10.2. The molecule has 1 fully saturated rings. The van der Waals surface area contributed by atoms with E-state index in [1.807, 2.05) is 6.07 Å². The number of phenolic OH excluding ortho intramolecular Hbond substituents is 1. The molecule has 2 rings (SSSR count). The van der Waals surface area contributed by atoms with E-state index in [2.05, 4.69) is 0 Å². The number of methoxy groups -OCH3 is 1. The molecule has 1 aromatic rings. The Hall–Kier alpha value is -0.870. The van der Waals surface area contributed by atoms with E-state index in [-0.39, 0.29) is 11.2 Å². The van der Waals surface area contributed by atoms with Crippen LogP contribution in [-0.2, 0) is 4.74 Å². The van der Waals surface area contributed by atoms with Crippen LogP contribution in [0.3, 0.4) is 0 Å². The topological polar surface area (TPSA) is 38.7 Å². The van der Waals surface area contributed by atoms with E-state index >= 15 is 0 Å². The summed E-state index contributed by atoms with van der Waals surface area (Å²) in [4.78, 5) is 0. The van der Waals surface area contributed by atoms with Crippen molar-refractivity contribution in [2.24, 2.45) is 0 Å². The van der Waals surface area contributed by atoms with Crippen LogP contribution in [0.15, 0.2) is 18.2 Å². The number of hydrogen-bond donors (Lipinski definition) is 1. The zero-order chi connectivity index (χ0) is 9.97. The summed E-state index contributed by atoms with van der Waals surface area (Å²) < 4.78 is 10.4. The highest BCUT2D eigenvalue weighted by atomic mass is 32.2. The molecular weight excluding hydrogens is 200 g/mol. The molecule has 3 nitrogen and oxygen atoms in total.